The highest BCUT2D eigenvalue weighted by Gasteiger charge is 2.25. The molecule has 6 heteroatoms. The van der Waals surface area contributed by atoms with Crippen LogP contribution in [0.4, 0.5) is 14.9 Å². The van der Waals surface area contributed by atoms with Gasteiger partial charge in [0.1, 0.15) is 22.9 Å². The van der Waals surface area contributed by atoms with E-state index in [0.29, 0.717) is 18.0 Å². The topological polar surface area (TPSA) is 50.8 Å². The lowest BCUT2D eigenvalue weighted by Crippen LogP contribution is -2.49. The largest absolute Gasteiger partial charge is 0.457 e. The maximum atomic E-state index is 14.2. The number of anilines is 1. The monoisotopic (exact) mass is 386 g/mol. The van der Waals surface area contributed by atoms with Crippen LogP contribution in [0.2, 0.25) is 0 Å². The van der Waals surface area contributed by atoms with Gasteiger partial charge in [-0.15, -0.1) is 0 Å². The Labute approximate surface area is 165 Å². The number of carbonyl (C=O) groups is 1. The fourth-order valence-corrected chi connectivity index (χ4v) is 3.22. The highest BCUT2D eigenvalue weighted by molar-refractivity contribution is 5.68. The molecule has 150 valence electrons. The van der Waals surface area contributed by atoms with Gasteiger partial charge in [0.15, 0.2) is 0 Å². The molecule has 3 rings (SSSR count). The Morgan fingerprint density at radius 3 is 2.61 bits per heavy atom. The molecule has 1 N–H and O–H groups in total. The molecule has 1 fully saturated rings. The summed E-state index contributed by atoms with van der Waals surface area (Å²) in [6.45, 7) is 6.89. The number of rotatable bonds is 4. The number of benzene rings is 2. The second kappa shape index (κ2) is 8.50. The van der Waals surface area contributed by atoms with Gasteiger partial charge in [-0.05, 0) is 51.8 Å². The Morgan fingerprint density at radius 2 is 1.89 bits per heavy atom. The van der Waals surface area contributed by atoms with Gasteiger partial charge in [-0.25, -0.2) is 9.18 Å². The Morgan fingerprint density at radius 1 is 1.14 bits per heavy atom. The van der Waals surface area contributed by atoms with Crippen LogP contribution in [-0.4, -0.2) is 30.8 Å². The van der Waals surface area contributed by atoms with Crippen molar-refractivity contribution in [1.82, 2.24) is 5.32 Å². The summed E-state index contributed by atoms with van der Waals surface area (Å²) in [7, 11) is 0. The van der Waals surface area contributed by atoms with E-state index in [2.05, 4.69) is 10.2 Å². The molecular weight excluding hydrogens is 359 g/mol. The van der Waals surface area contributed by atoms with Gasteiger partial charge in [-0.3, -0.25) is 0 Å². The second-order valence-electron chi connectivity index (χ2n) is 7.99. The molecule has 1 aliphatic heterocycles. The van der Waals surface area contributed by atoms with Crippen LogP contribution in [0.15, 0.2) is 48.5 Å². The van der Waals surface area contributed by atoms with Crippen LogP contribution in [0.25, 0.3) is 0 Å². The van der Waals surface area contributed by atoms with E-state index in [0.717, 1.165) is 25.1 Å². The summed E-state index contributed by atoms with van der Waals surface area (Å²) in [4.78, 5) is 14.1. The third-order valence-corrected chi connectivity index (χ3v) is 4.34. The molecule has 0 bridgehead atoms. The first-order chi connectivity index (χ1) is 13.3. The lowest BCUT2D eigenvalue weighted by atomic mass is 10.0. The molecule has 2 aromatic carbocycles. The quantitative estimate of drug-likeness (QED) is 0.793. The minimum atomic E-state index is -0.537. The molecule has 1 amide bonds. The molecule has 5 nitrogen and oxygen atoms in total. The molecule has 0 aliphatic carbocycles. The van der Waals surface area contributed by atoms with Crippen molar-refractivity contribution in [1.29, 1.82) is 0 Å². The average Bonchev–Trinajstić information content (AvgIpc) is 2.60. The number of amides is 1. The first-order valence-corrected chi connectivity index (χ1v) is 9.56. The normalized spacial score (nSPS) is 17.1. The molecule has 0 radical (unpaired) electrons. The fourth-order valence-electron chi connectivity index (χ4n) is 3.22. The summed E-state index contributed by atoms with van der Waals surface area (Å²) in [5, 5.41) is 2.92. The summed E-state index contributed by atoms with van der Waals surface area (Å²) in [5.74, 6) is 0.747. The summed E-state index contributed by atoms with van der Waals surface area (Å²) >= 11 is 0. The highest BCUT2D eigenvalue weighted by atomic mass is 19.1. The number of para-hydroxylation sites is 1. The van der Waals surface area contributed by atoms with E-state index >= 15 is 0 Å². The van der Waals surface area contributed by atoms with Gasteiger partial charge in [0.05, 0.1) is 0 Å². The third-order valence-electron chi connectivity index (χ3n) is 4.34. The average molecular weight is 386 g/mol. The fraction of sp³-hybridized carbons (Fsp3) is 0.409. The summed E-state index contributed by atoms with van der Waals surface area (Å²) in [6, 6.07) is 13.9. The molecule has 0 saturated carbocycles. The highest BCUT2D eigenvalue weighted by Crippen LogP contribution is 2.29. The van der Waals surface area contributed by atoms with Crippen molar-refractivity contribution < 1.29 is 18.7 Å². The van der Waals surface area contributed by atoms with Gasteiger partial charge in [0, 0.05) is 37.0 Å². The van der Waals surface area contributed by atoms with E-state index in [1.54, 1.807) is 0 Å². The van der Waals surface area contributed by atoms with Crippen LogP contribution in [-0.2, 0) is 4.74 Å². The number of piperidine rings is 1. The van der Waals surface area contributed by atoms with Crippen molar-refractivity contribution in [2.45, 2.75) is 45.3 Å². The standard InChI is InChI=1S/C22H27FN2O3/c1-22(2,3)28-21(26)24-17-8-7-11-25(15-17)18-12-16(23)13-20(14-18)27-19-9-5-4-6-10-19/h4-6,9-10,12-14,17H,7-8,11,15H2,1-3H3,(H,24,26)/t17-/m0/s1. The number of alkyl carbamates (subject to hydrolysis) is 1. The number of nitrogens with one attached hydrogen (secondary N) is 1. The molecule has 1 heterocycles. The lowest BCUT2D eigenvalue weighted by molar-refractivity contribution is 0.0500. The van der Waals surface area contributed by atoms with E-state index < -0.39 is 11.7 Å². The van der Waals surface area contributed by atoms with Crippen LogP contribution in [0, 0.1) is 5.82 Å². The smallest absolute Gasteiger partial charge is 0.407 e. The minimum Gasteiger partial charge on any atom is -0.457 e. The first kappa shape index (κ1) is 20.0. The number of nitrogens with zero attached hydrogens (tertiary/aromatic N) is 1. The number of hydrogen-bond donors (Lipinski definition) is 1. The molecule has 0 spiro atoms. The SMILES string of the molecule is CC(C)(C)OC(=O)N[C@H]1CCCN(c2cc(F)cc(Oc3ccccc3)c2)C1. The second-order valence-corrected chi connectivity index (χ2v) is 7.99. The van der Waals surface area contributed by atoms with Crippen molar-refractivity contribution in [2.24, 2.45) is 0 Å². The van der Waals surface area contributed by atoms with Crippen LogP contribution >= 0.6 is 0 Å². The molecule has 28 heavy (non-hydrogen) atoms. The van der Waals surface area contributed by atoms with Crippen LogP contribution in [0.3, 0.4) is 0 Å². The Kier molecular flexibility index (Phi) is 6.07. The summed E-state index contributed by atoms with van der Waals surface area (Å²) in [5.41, 5.74) is 0.201. The Balaban J connectivity index is 1.68. The van der Waals surface area contributed by atoms with E-state index in [9.17, 15) is 9.18 Å². The number of hydrogen-bond acceptors (Lipinski definition) is 4. The van der Waals surface area contributed by atoms with Crippen LogP contribution in [0.5, 0.6) is 11.5 Å². The van der Waals surface area contributed by atoms with Crippen LogP contribution < -0.4 is 15.0 Å². The van der Waals surface area contributed by atoms with Gasteiger partial charge in [-0.1, -0.05) is 18.2 Å². The van der Waals surface area contributed by atoms with Crippen molar-refractivity contribution >= 4 is 11.8 Å². The predicted octanol–water partition coefficient (Wildman–Crippen LogP) is 5.11. The molecular formula is C22H27FN2O3. The number of ether oxygens (including phenoxy) is 2. The summed E-state index contributed by atoms with van der Waals surface area (Å²) < 4.78 is 25.3. The third kappa shape index (κ3) is 5.87. The lowest BCUT2D eigenvalue weighted by Gasteiger charge is -2.35. The van der Waals surface area contributed by atoms with E-state index in [1.165, 1.54) is 12.1 Å². The zero-order chi connectivity index (χ0) is 20.1. The van der Waals surface area contributed by atoms with Crippen molar-refractivity contribution in [3.8, 4) is 11.5 Å². The molecule has 0 unspecified atom stereocenters. The predicted molar refractivity (Wildman–Crippen MR) is 108 cm³/mol. The minimum absolute atomic E-state index is 0.0506. The van der Waals surface area contributed by atoms with E-state index in [1.807, 2.05) is 57.2 Å². The number of halogens is 1. The zero-order valence-corrected chi connectivity index (χ0v) is 16.6. The van der Waals surface area contributed by atoms with Gasteiger partial charge >= 0.3 is 6.09 Å². The van der Waals surface area contributed by atoms with Gasteiger partial charge in [0.2, 0.25) is 0 Å². The van der Waals surface area contributed by atoms with Crippen molar-refractivity contribution in [2.75, 3.05) is 18.0 Å². The zero-order valence-electron chi connectivity index (χ0n) is 16.6. The number of carbonyl (C=O) groups excluding carboxylic acids is 1. The first-order valence-electron chi connectivity index (χ1n) is 9.56. The molecule has 1 atom stereocenters. The van der Waals surface area contributed by atoms with Gasteiger partial charge in [0.25, 0.3) is 0 Å². The summed E-state index contributed by atoms with van der Waals surface area (Å²) in [6.07, 6.45) is 1.33. The van der Waals surface area contributed by atoms with Crippen molar-refractivity contribution in [3.05, 3.63) is 54.3 Å². The van der Waals surface area contributed by atoms with Gasteiger partial charge < -0.3 is 19.7 Å². The molecule has 1 saturated heterocycles. The van der Waals surface area contributed by atoms with E-state index in [-0.39, 0.29) is 11.9 Å². The molecule has 2 aromatic rings. The Hall–Kier alpha value is -2.76. The molecule has 1 aliphatic rings. The maximum absolute atomic E-state index is 14.2. The Bertz CT molecular complexity index is 805. The van der Waals surface area contributed by atoms with Crippen LogP contribution in [0.1, 0.15) is 33.6 Å². The van der Waals surface area contributed by atoms with Crippen molar-refractivity contribution in [3.63, 3.8) is 0 Å². The molecule has 0 aromatic heterocycles. The maximum Gasteiger partial charge on any atom is 0.407 e. The van der Waals surface area contributed by atoms with Gasteiger partial charge in [-0.2, -0.15) is 0 Å². The van der Waals surface area contributed by atoms with E-state index in [4.69, 9.17) is 9.47 Å².